The Labute approximate surface area is 200 Å². The van der Waals surface area contributed by atoms with Gasteiger partial charge in [-0.05, 0) is 50.5 Å². The third-order valence-electron chi connectivity index (χ3n) is 5.24. The van der Waals surface area contributed by atoms with Gasteiger partial charge in [0.25, 0.3) is 0 Å². The van der Waals surface area contributed by atoms with Gasteiger partial charge in [0.15, 0.2) is 0 Å². The van der Waals surface area contributed by atoms with Gasteiger partial charge in [0.1, 0.15) is 17.7 Å². The van der Waals surface area contributed by atoms with E-state index in [-0.39, 0.29) is 46.3 Å². The third-order valence-corrected chi connectivity index (χ3v) is 5.56. The monoisotopic (exact) mass is 495 g/mol. The largest absolute Gasteiger partial charge is 0.573 e. The summed E-state index contributed by atoms with van der Waals surface area (Å²) in [6.07, 6.45) is -1.72. The van der Waals surface area contributed by atoms with Crippen molar-refractivity contribution < 1.29 is 27.8 Å². The maximum Gasteiger partial charge on any atom is 0.573 e. The summed E-state index contributed by atoms with van der Waals surface area (Å²) >= 11 is 6.42. The van der Waals surface area contributed by atoms with Crippen LogP contribution in [0.5, 0.6) is 5.75 Å². The maximum atomic E-state index is 12.8. The fourth-order valence-electron chi connectivity index (χ4n) is 3.86. The number of nitrogens with one attached hydrogen (secondary N) is 2. The minimum atomic E-state index is -4.83. The van der Waals surface area contributed by atoms with Gasteiger partial charge in [0, 0.05) is 29.1 Å². The number of ether oxygens (including phenoxy) is 1. The van der Waals surface area contributed by atoms with E-state index in [1.807, 2.05) is 0 Å². The third kappa shape index (κ3) is 6.90. The van der Waals surface area contributed by atoms with E-state index in [1.54, 1.807) is 29.2 Å². The van der Waals surface area contributed by atoms with E-state index in [0.29, 0.717) is 24.2 Å². The van der Waals surface area contributed by atoms with Crippen LogP contribution in [0.3, 0.4) is 0 Å². The number of rotatable bonds is 7. The quantitative estimate of drug-likeness (QED) is 0.301. The summed E-state index contributed by atoms with van der Waals surface area (Å²) in [6, 6.07) is 10.6. The number of para-hydroxylation sites is 1. The Balaban J connectivity index is 1.78. The fraction of sp³-hybridized carbons (Fsp3) is 0.333. The number of allylic oxidation sites excluding steroid dienone is 1. The van der Waals surface area contributed by atoms with Crippen LogP contribution in [0.1, 0.15) is 32.6 Å². The van der Waals surface area contributed by atoms with E-state index in [0.717, 1.165) is 12.8 Å². The Morgan fingerprint density at radius 3 is 2.68 bits per heavy atom. The minimum absolute atomic E-state index is 0.149. The molecule has 0 bridgehead atoms. The fourth-order valence-corrected chi connectivity index (χ4v) is 4.14. The number of hydrogen-bond donors (Lipinski definition) is 3. The van der Waals surface area contributed by atoms with Gasteiger partial charge in [0.05, 0.1) is 11.4 Å². The van der Waals surface area contributed by atoms with E-state index in [1.165, 1.54) is 31.2 Å². The van der Waals surface area contributed by atoms with Gasteiger partial charge in [-0.2, -0.15) is 0 Å². The van der Waals surface area contributed by atoms with Gasteiger partial charge in [-0.3, -0.25) is 4.79 Å². The lowest BCUT2D eigenvalue weighted by atomic mass is 10.0. The number of carbonyl (C=O) groups excluding carboxylic acids is 1. The van der Waals surface area contributed by atoms with E-state index in [4.69, 9.17) is 17.0 Å². The number of likely N-dealkylation sites (tertiary alicyclic amines) is 1. The first kappa shape index (κ1) is 25.4. The van der Waals surface area contributed by atoms with Gasteiger partial charge in [-0.1, -0.05) is 35.9 Å². The maximum absolute atomic E-state index is 12.8. The van der Waals surface area contributed by atoms with Crippen LogP contribution in [0.15, 0.2) is 54.3 Å². The second-order valence-corrected chi connectivity index (χ2v) is 8.38. The zero-order valence-corrected chi connectivity index (χ0v) is 19.2. The Morgan fingerprint density at radius 1 is 1.26 bits per heavy atom. The smallest absolute Gasteiger partial charge is 0.512 e. The number of halogens is 4. The molecule has 182 valence electrons. The molecule has 2 aromatic carbocycles. The van der Waals surface area contributed by atoms with Crippen molar-refractivity contribution in [3.63, 3.8) is 0 Å². The molecule has 1 amide bonds. The molecule has 0 aliphatic carbocycles. The highest BCUT2D eigenvalue weighted by Crippen LogP contribution is 2.38. The molecule has 0 spiro atoms. The molecule has 1 heterocycles. The first-order valence-electron chi connectivity index (χ1n) is 10.7. The summed E-state index contributed by atoms with van der Waals surface area (Å²) in [5, 5.41) is 20.8. The molecule has 1 atom stereocenters. The Morgan fingerprint density at radius 2 is 2.00 bits per heavy atom. The normalized spacial score (nSPS) is 16.8. The second kappa shape index (κ2) is 10.8. The van der Waals surface area contributed by atoms with Crippen LogP contribution in [-0.4, -0.2) is 40.7 Å². The highest BCUT2D eigenvalue weighted by Gasteiger charge is 2.32. The number of benzene rings is 2. The van der Waals surface area contributed by atoms with Crippen LogP contribution < -0.4 is 10.1 Å². The lowest BCUT2D eigenvalue weighted by Gasteiger charge is -2.37. The number of hydrogen-bond acceptors (Lipinski definition) is 5. The second-order valence-electron chi connectivity index (χ2n) is 7.98. The summed E-state index contributed by atoms with van der Waals surface area (Å²) < 4.78 is 42.5. The lowest BCUT2D eigenvalue weighted by molar-refractivity contribution is -0.274. The van der Waals surface area contributed by atoms with Gasteiger partial charge in [-0.15, -0.1) is 13.2 Å². The number of alkyl halides is 3. The molecular formula is C24H25ClF3N3O3. The average Bonchev–Trinajstić information content (AvgIpc) is 2.73. The molecule has 0 radical (unpaired) electrons. The summed E-state index contributed by atoms with van der Waals surface area (Å²) in [5.41, 5.74) is 1.33. The predicted octanol–water partition coefficient (Wildman–Crippen LogP) is 6.53. The summed E-state index contributed by atoms with van der Waals surface area (Å²) in [6.45, 7) is 2.02. The zero-order valence-electron chi connectivity index (χ0n) is 18.5. The Hall–Kier alpha value is -3.20. The molecule has 1 aliphatic rings. The first-order valence-corrected chi connectivity index (χ1v) is 11.1. The van der Waals surface area contributed by atoms with Crippen LogP contribution in [0, 0.1) is 5.41 Å². The molecule has 0 saturated carbocycles. The molecule has 10 heteroatoms. The van der Waals surface area contributed by atoms with Crippen molar-refractivity contribution >= 4 is 28.9 Å². The molecule has 3 rings (SSSR count). The zero-order chi connectivity index (χ0) is 24.9. The molecule has 34 heavy (non-hydrogen) atoms. The van der Waals surface area contributed by atoms with E-state index in [9.17, 15) is 23.1 Å². The molecule has 1 aliphatic heterocycles. The molecule has 2 aromatic rings. The highest BCUT2D eigenvalue weighted by atomic mass is 35.5. The molecule has 1 unspecified atom stereocenters. The molecule has 1 fully saturated rings. The molecular weight excluding hydrogens is 471 g/mol. The first-order chi connectivity index (χ1) is 16.0. The van der Waals surface area contributed by atoms with Crippen LogP contribution in [0.2, 0.25) is 5.02 Å². The van der Waals surface area contributed by atoms with Crippen LogP contribution in [0.4, 0.5) is 18.9 Å². The van der Waals surface area contributed by atoms with Crippen LogP contribution >= 0.6 is 11.6 Å². The minimum Gasteiger partial charge on any atom is -0.512 e. The van der Waals surface area contributed by atoms with Gasteiger partial charge < -0.3 is 25.5 Å². The standard InChI is InChI=1S/C24H25ClF3N3O3/c1-15(29)12-17(32)14-23(33)31-11-5-4-8-22(31)30-16-9-10-18(20(25)13-16)19-6-2-3-7-21(19)34-24(26,27)28/h2-3,6-7,9-10,12-13,22,29-30,32H,4-5,8,11,14H2,1H3/b17-12-,29-15?. The number of nitrogens with zero attached hydrogens (tertiary/aromatic N) is 1. The van der Waals surface area contributed by atoms with Gasteiger partial charge in [-0.25, -0.2) is 0 Å². The number of aliphatic hydroxyl groups is 1. The molecule has 1 saturated heterocycles. The van der Waals surface area contributed by atoms with Crippen molar-refractivity contribution in [1.82, 2.24) is 4.90 Å². The number of amides is 1. The van der Waals surface area contributed by atoms with Crippen molar-refractivity contribution in [3.05, 3.63) is 59.3 Å². The number of aliphatic hydroxyl groups excluding tert-OH is 1. The molecule has 6 nitrogen and oxygen atoms in total. The van der Waals surface area contributed by atoms with Crippen molar-refractivity contribution in [2.75, 3.05) is 11.9 Å². The van der Waals surface area contributed by atoms with Gasteiger partial charge in [0.2, 0.25) is 5.91 Å². The number of anilines is 1. The van der Waals surface area contributed by atoms with Crippen molar-refractivity contribution in [3.8, 4) is 16.9 Å². The van der Waals surface area contributed by atoms with E-state index < -0.39 is 6.36 Å². The van der Waals surface area contributed by atoms with Crippen molar-refractivity contribution in [2.45, 2.75) is 45.1 Å². The van der Waals surface area contributed by atoms with Crippen molar-refractivity contribution in [2.24, 2.45) is 0 Å². The van der Waals surface area contributed by atoms with Crippen LogP contribution in [-0.2, 0) is 4.79 Å². The SMILES string of the molecule is CC(=N)/C=C(\O)CC(=O)N1CCCCC1Nc1ccc(-c2ccccc2OC(F)(F)F)c(Cl)c1. The predicted molar refractivity (Wildman–Crippen MR) is 125 cm³/mol. The Bertz CT molecular complexity index is 1090. The molecule has 0 aromatic heterocycles. The van der Waals surface area contributed by atoms with E-state index >= 15 is 0 Å². The molecule has 3 N–H and O–H groups in total. The van der Waals surface area contributed by atoms with Crippen LogP contribution in [0.25, 0.3) is 11.1 Å². The van der Waals surface area contributed by atoms with Crippen molar-refractivity contribution in [1.29, 1.82) is 5.41 Å². The number of piperidine rings is 1. The summed E-state index contributed by atoms with van der Waals surface area (Å²) in [4.78, 5) is 14.4. The topological polar surface area (TPSA) is 85.7 Å². The summed E-state index contributed by atoms with van der Waals surface area (Å²) in [5.74, 6) is -0.795. The average molecular weight is 496 g/mol. The van der Waals surface area contributed by atoms with Gasteiger partial charge >= 0.3 is 6.36 Å². The number of carbonyl (C=O) groups is 1. The summed E-state index contributed by atoms with van der Waals surface area (Å²) in [7, 11) is 0. The van der Waals surface area contributed by atoms with E-state index in [2.05, 4.69) is 10.1 Å². The lowest BCUT2D eigenvalue weighted by Crippen LogP contribution is -2.47. The highest BCUT2D eigenvalue weighted by molar-refractivity contribution is 6.33. The Kier molecular flexibility index (Phi) is 8.09.